The number of rotatable bonds is 8. The van der Waals surface area contributed by atoms with Gasteiger partial charge in [-0.25, -0.2) is 0 Å². The van der Waals surface area contributed by atoms with Crippen LogP contribution in [-0.2, 0) is 14.4 Å². The van der Waals surface area contributed by atoms with Crippen LogP contribution in [0.5, 0.6) is 17.2 Å². The fourth-order valence-electron chi connectivity index (χ4n) is 3.09. The molecule has 1 fully saturated rings. The summed E-state index contributed by atoms with van der Waals surface area (Å²) in [6.07, 6.45) is 2.71. The van der Waals surface area contributed by atoms with Gasteiger partial charge in [0.25, 0.3) is 11.8 Å². The Morgan fingerprint density at radius 1 is 1.00 bits per heavy atom. The maximum absolute atomic E-state index is 13.0. The van der Waals surface area contributed by atoms with Gasteiger partial charge in [-0.15, -0.1) is 0 Å². The lowest BCUT2D eigenvalue weighted by atomic mass is 10.1. The summed E-state index contributed by atoms with van der Waals surface area (Å²) in [5, 5.41) is 5.47. The number of nitrogens with one attached hydrogen (secondary N) is 2. The molecule has 2 amide bonds. The van der Waals surface area contributed by atoms with Crippen molar-refractivity contribution in [3.05, 3.63) is 65.5 Å². The first kappa shape index (κ1) is 24.5. The van der Waals surface area contributed by atoms with Gasteiger partial charge in [-0.2, -0.15) is 0 Å². The van der Waals surface area contributed by atoms with Crippen molar-refractivity contribution < 1.29 is 28.6 Å². The van der Waals surface area contributed by atoms with Crippen molar-refractivity contribution in [2.75, 3.05) is 26.6 Å². The Morgan fingerprint density at radius 3 is 2.26 bits per heavy atom. The van der Waals surface area contributed by atoms with Crippen molar-refractivity contribution in [1.29, 1.82) is 0 Å². The molecule has 1 aliphatic rings. The lowest BCUT2D eigenvalue weighted by Gasteiger charge is -2.12. The minimum Gasteiger partial charge on any atom is -0.497 e. The van der Waals surface area contributed by atoms with E-state index in [4.69, 9.17) is 26.4 Å². The molecule has 176 valence electrons. The molecule has 0 aromatic heterocycles. The lowest BCUT2D eigenvalue weighted by Crippen LogP contribution is -2.29. The third-order valence-corrected chi connectivity index (χ3v) is 5.16. The van der Waals surface area contributed by atoms with Gasteiger partial charge in [0, 0.05) is 11.9 Å². The van der Waals surface area contributed by atoms with E-state index >= 15 is 0 Å². The summed E-state index contributed by atoms with van der Waals surface area (Å²) in [6.45, 7) is 1.23. The molecule has 0 saturated carbocycles. The molecule has 0 radical (unpaired) electrons. The van der Waals surface area contributed by atoms with E-state index in [1.165, 1.54) is 28.3 Å². The van der Waals surface area contributed by atoms with E-state index in [0.717, 1.165) is 11.1 Å². The summed E-state index contributed by atoms with van der Waals surface area (Å²) >= 11 is 5.25. The first-order chi connectivity index (χ1) is 16.3. The average Bonchev–Trinajstić information content (AvgIpc) is 3.09. The van der Waals surface area contributed by atoms with Crippen LogP contribution in [0.25, 0.3) is 6.08 Å². The number of ketones is 1. The zero-order valence-corrected chi connectivity index (χ0v) is 19.8. The van der Waals surface area contributed by atoms with Crippen LogP contribution in [0.2, 0.25) is 0 Å². The molecule has 0 aliphatic carbocycles. The van der Waals surface area contributed by atoms with Crippen LogP contribution >= 0.6 is 12.2 Å². The molecule has 10 heteroatoms. The number of hydrogen-bond acceptors (Lipinski definition) is 7. The normalized spacial score (nSPS) is 14.6. The molecule has 1 aliphatic heterocycles. The highest BCUT2D eigenvalue weighted by atomic mass is 32.1. The number of nitrogens with zero attached hydrogens (tertiary/aromatic N) is 1. The number of anilines is 1. The van der Waals surface area contributed by atoms with Gasteiger partial charge in [0.1, 0.15) is 11.4 Å². The van der Waals surface area contributed by atoms with Crippen LogP contribution in [0.4, 0.5) is 5.69 Å². The first-order valence-corrected chi connectivity index (χ1v) is 10.4. The van der Waals surface area contributed by atoms with Gasteiger partial charge < -0.3 is 24.8 Å². The summed E-state index contributed by atoms with van der Waals surface area (Å²) in [5.74, 6) is -0.0615. The van der Waals surface area contributed by atoms with Crippen molar-refractivity contribution in [2.45, 2.75) is 6.92 Å². The topological polar surface area (TPSA) is 106 Å². The molecule has 1 heterocycles. The Morgan fingerprint density at radius 2 is 1.68 bits per heavy atom. The lowest BCUT2D eigenvalue weighted by molar-refractivity contribution is -0.120. The zero-order valence-electron chi connectivity index (χ0n) is 19.0. The standard InChI is InChI=1S/C24H23N3O6S/c1-14(28)18(22(29)25-16-6-8-17(31-2)9-7-16)13-27-23(30)19(26-24(27)34)11-15-5-10-20(32-3)21(12-15)33-4/h5-13H,1-4H3,(H,25,29)(H,26,34)/b18-13?,19-11-. The highest BCUT2D eigenvalue weighted by Crippen LogP contribution is 2.29. The van der Waals surface area contributed by atoms with Crippen LogP contribution in [0.3, 0.4) is 0 Å². The van der Waals surface area contributed by atoms with Crippen LogP contribution in [-0.4, -0.2) is 48.9 Å². The van der Waals surface area contributed by atoms with E-state index in [-0.39, 0.29) is 16.4 Å². The van der Waals surface area contributed by atoms with Crippen molar-refractivity contribution in [1.82, 2.24) is 10.2 Å². The second-order valence-electron chi connectivity index (χ2n) is 7.06. The molecule has 34 heavy (non-hydrogen) atoms. The molecule has 0 atom stereocenters. The molecule has 2 aromatic rings. The maximum atomic E-state index is 13.0. The van der Waals surface area contributed by atoms with E-state index in [0.29, 0.717) is 28.5 Å². The number of benzene rings is 2. The summed E-state index contributed by atoms with van der Waals surface area (Å²) in [4.78, 5) is 38.9. The van der Waals surface area contributed by atoms with Gasteiger partial charge in [0.15, 0.2) is 22.4 Å². The number of amides is 2. The van der Waals surface area contributed by atoms with Gasteiger partial charge in [0.05, 0.1) is 26.9 Å². The molecule has 3 rings (SSSR count). The van der Waals surface area contributed by atoms with E-state index in [1.807, 2.05) is 0 Å². The van der Waals surface area contributed by atoms with Gasteiger partial charge in [-0.05, 0) is 67.2 Å². The van der Waals surface area contributed by atoms with E-state index in [2.05, 4.69) is 10.6 Å². The maximum Gasteiger partial charge on any atom is 0.280 e. The number of Topliss-reactive ketones (excluding diaryl/α,β-unsaturated/α-hetero) is 1. The zero-order chi connectivity index (χ0) is 24.8. The van der Waals surface area contributed by atoms with Crippen LogP contribution in [0.1, 0.15) is 12.5 Å². The fourth-order valence-corrected chi connectivity index (χ4v) is 3.33. The number of methoxy groups -OCH3 is 3. The van der Waals surface area contributed by atoms with Gasteiger partial charge in [-0.1, -0.05) is 6.07 Å². The van der Waals surface area contributed by atoms with Crippen LogP contribution in [0, 0.1) is 0 Å². The Bertz CT molecular complexity index is 1200. The highest BCUT2D eigenvalue weighted by Gasteiger charge is 2.31. The number of carbonyl (C=O) groups is 3. The number of thiocarbonyl (C=S) groups is 1. The second-order valence-corrected chi connectivity index (χ2v) is 7.45. The summed E-state index contributed by atoms with van der Waals surface area (Å²) in [5.41, 5.74) is 1.05. The predicted molar refractivity (Wildman–Crippen MR) is 130 cm³/mol. The van der Waals surface area contributed by atoms with Crippen molar-refractivity contribution in [3.8, 4) is 17.2 Å². The first-order valence-electron chi connectivity index (χ1n) is 10.0. The molecule has 0 bridgehead atoms. The van der Waals surface area contributed by atoms with Gasteiger partial charge in [-0.3, -0.25) is 19.3 Å². The Labute approximate surface area is 202 Å². The molecular formula is C24H23N3O6S. The van der Waals surface area contributed by atoms with Gasteiger partial charge in [0.2, 0.25) is 0 Å². The Kier molecular flexibility index (Phi) is 7.64. The molecule has 0 unspecified atom stereocenters. The van der Waals surface area contributed by atoms with Crippen LogP contribution in [0.15, 0.2) is 59.9 Å². The SMILES string of the molecule is COc1ccc(NC(=O)C(=CN2C(=O)/C(=C/c3ccc(OC)c(OC)c3)NC2=S)C(C)=O)cc1. The van der Waals surface area contributed by atoms with Crippen molar-refractivity contribution in [2.24, 2.45) is 0 Å². The fraction of sp³-hybridized carbons (Fsp3) is 0.167. The minimum atomic E-state index is -0.675. The highest BCUT2D eigenvalue weighted by molar-refractivity contribution is 7.80. The number of carbonyl (C=O) groups excluding carboxylic acids is 3. The molecule has 1 saturated heterocycles. The molecule has 9 nitrogen and oxygen atoms in total. The van der Waals surface area contributed by atoms with E-state index < -0.39 is 17.6 Å². The Balaban J connectivity index is 1.84. The number of ether oxygens (including phenoxy) is 3. The van der Waals surface area contributed by atoms with Gasteiger partial charge >= 0.3 is 0 Å². The summed E-state index contributed by atoms with van der Waals surface area (Å²) in [7, 11) is 4.57. The summed E-state index contributed by atoms with van der Waals surface area (Å²) in [6, 6.07) is 11.7. The second kappa shape index (κ2) is 10.6. The molecule has 2 aromatic carbocycles. The van der Waals surface area contributed by atoms with E-state index in [1.54, 1.807) is 48.5 Å². The Hall–Kier alpha value is -4.18. The minimum absolute atomic E-state index is 0.0349. The van der Waals surface area contributed by atoms with E-state index in [9.17, 15) is 14.4 Å². The average molecular weight is 482 g/mol. The third kappa shape index (κ3) is 5.41. The summed E-state index contributed by atoms with van der Waals surface area (Å²) < 4.78 is 15.6. The number of hydrogen-bond donors (Lipinski definition) is 2. The van der Waals surface area contributed by atoms with Crippen LogP contribution < -0.4 is 24.8 Å². The molecule has 2 N–H and O–H groups in total. The molecular weight excluding hydrogens is 458 g/mol. The largest absolute Gasteiger partial charge is 0.497 e. The van der Waals surface area contributed by atoms with Crippen molar-refractivity contribution >= 4 is 46.7 Å². The smallest absolute Gasteiger partial charge is 0.280 e. The van der Waals surface area contributed by atoms with Crippen molar-refractivity contribution in [3.63, 3.8) is 0 Å². The monoisotopic (exact) mass is 481 g/mol. The predicted octanol–water partition coefficient (Wildman–Crippen LogP) is 2.88. The third-order valence-electron chi connectivity index (χ3n) is 4.86. The quantitative estimate of drug-likeness (QED) is 0.257. The molecule has 0 spiro atoms.